The highest BCUT2D eigenvalue weighted by molar-refractivity contribution is 6.42. The first-order chi connectivity index (χ1) is 18.5. The molecule has 2 aliphatic heterocycles. The summed E-state index contributed by atoms with van der Waals surface area (Å²) in [7, 11) is 0. The predicted molar refractivity (Wildman–Crippen MR) is 151 cm³/mol. The van der Waals surface area contributed by atoms with Crippen LogP contribution < -0.4 is 5.32 Å². The fraction of sp³-hybridized carbons (Fsp3) is 0.414. The molecule has 1 amide bonds. The van der Waals surface area contributed by atoms with E-state index >= 15 is 0 Å². The van der Waals surface area contributed by atoms with Crippen LogP contribution in [0.4, 0.5) is 5.82 Å². The van der Waals surface area contributed by atoms with E-state index in [1.165, 1.54) is 11.9 Å². The van der Waals surface area contributed by atoms with Crippen molar-refractivity contribution in [3.8, 4) is 0 Å². The Bertz CT molecular complexity index is 1250. The smallest absolute Gasteiger partial charge is 0.272 e. The molecule has 0 radical (unpaired) electrons. The van der Waals surface area contributed by atoms with Crippen LogP contribution in [0.3, 0.4) is 0 Å². The molecule has 9 heteroatoms. The van der Waals surface area contributed by atoms with Gasteiger partial charge in [0.05, 0.1) is 22.8 Å². The van der Waals surface area contributed by atoms with Gasteiger partial charge in [0, 0.05) is 44.3 Å². The van der Waals surface area contributed by atoms with Gasteiger partial charge in [-0.1, -0.05) is 59.6 Å². The Morgan fingerprint density at radius 1 is 1.05 bits per heavy atom. The molecule has 7 nitrogen and oxygen atoms in total. The van der Waals surface area contributed by atoms with E-state index in [4.69, 9.17) is 27.9 Å². The SMILES string of the molecule is Cc1c(NCCc2ccc(Cl)c(Cl)c2)ncnc1C(=O)N1CCC(N2CCOC(c3ccccc3)C2)CC1. The van der Waals surface area contributed by atoms with Crippen LogP contribution in [-0.4, -0.2) is 71.0 Å². The molecule has 1 aromatic heterocycles. The van der Waals surface area contributed by atoms with Gasteiger partial charge in [0.1, 0.15) is 17.8 Å². The number of hydrogen-bond donors (Lipinski definition) is 1. The molecule has 1 unspecified atom stereocenters. The zero-order valence-corrected chi connectivity index (χ0v) is 23.1. The number of hydrogen-bond acceptors (Lipinski definition) is 6. The van der Waals surface area contributed by atoms with Crippen LogP contribution in [0.2, 0.25) is 10.0 Å². The Kier molecular flexibility index (Phi) is 8.79. The Morgan fingerprint density at radius 2 is 1.84 bits per heavy atom. The van der Waals surface area contributed by atoms with E-state index < -0.39 is 0 Å². The Morgan fingerprint density at radius 3 is 2.61 bits per heavy atom. The summed E-state index contributed by atoms with van der Waals surface area (Å²) in [6, 6.07) is 16.5. The number of amides is 1. The largest absolute Gasteiger partial charge is 0.371 e. The highest BCUT2D eigenvalue weighted by atomic mass is 35.5. The van der Waals surface area contributed by atoms with Gasteiger partial charge in [0.2, 0.25) is 0 Å². The van der Waals surface area contributed by atoms with Gasteiger partial charge in [-0.05, 0) is 49.4 Å². The number of benzene rings is 2. The third kappa shape index (κ3) is 6.29. The second kappa shape index (κ2) is 12.4. The minimum Gasteiger partial charge on any atom is -0.371 e. The first kappa shape index (κ1) is 26.9. The fourth-order valence-electron chi connectivity index (χ4n) is 5.32. The minimum absolute atomic E-state index is 0.0278. The van der Waals surface area contributed by atoms with Crippen molar-refractivity contribution in [1.29, 1.82) is 0 Å². The van der Waals surface area contributed by atoms with Crippen molar-refractivity contribution in [3.63, 3.8) is 0 Å². The van der Waals surface area contributed by atoms with Gasteiger partial charge in [-0.2, -0.15) is 0 Å². The maximum Gasteiger partial charge on any atom is 0.272 e. The quantitative estimate of drug-likeness (QED) is 0.421. The molecule has 2 saturated heterocycles. The number of nitrogens with zero attached hydrogens (tertiary/aromatic N) is 4. The molecule has 200 valence electrons. The number of halogens is 2. The Labute approximate surface area is 234 Å². The molecule has 38 heavy (non-hydrogen) atoms. The number of likely N-dealkylation sites (tertiary alicyclic amines) is 1. The molecular weight excluding hydrogens is 521 g/mol. The van der Waals surface area contributed by atoms with Crippen LogP contribution in [-0.2, 0) is 11.2 Å². The van der Waals surface area contributed by atoms with E-state index in [0.29, 0.717) is 34.1 Å². The molecule has 0 aliphatic carbocycles. The van der Waals surface area contributed by atoms with E-state index in [1.807, 2.05) is 30.0 Å². The summed E-state index contributed by atoms with van der Waals surface area (Å²) in [5.41, 5.74) is 3.54. The van der Waals surface area contributed by atoms with Crippen LogP contribution in [0.1, 0.15) is 46.1 Å². The van der Waals surface area contributed by atoms with Crippen molar-refractivity contribution in [3.05, 3.63) is 87.3 Å². The fourth-order valence-corrected chi connectivity index (χ4v) is 5.64. The number of anilines is 1. The number of morpholine rings is 1. The van der Waals surface area contributed by atoms with E-state index in [9.17, 15) is 4.79 Å². The van der Waals surface area contributed by atoms with E-state index in [0.717, 1.165) is 63.2 Å². The van der Waals surface area contributed by atoms with Crippen LogP contribution >= 0.6 is 23.2 Å². The van der Waals surface area contributed by atoms with Crippen LogP contribution in [0.5, 0.6) is 0 Å². The van der Waals surface area contributed by atoms with Crippen molar-refractivity contribution in [2.45, 2.75) is 38.3 Å². The molecule has 0 spiro atoms. The van der Waals surface area contributed by atoms with Crippen molar-refractivity contribution in [2.24, 2.45) is 0 Å². The minimum atomic E-state index is -0.0278. The third-order valence-electron chi connectivity index (χ3n) is 7.51. The van der Waals surface area contributed by atoms with E-state index in [-0.39, 0.29) is 12.0 Å². The highest BCUT2D eigenvalue weighted by Gasteiger charge is 2.32. The molecule has 2 aromatic carbocycles. The lowest BCUT2D eigenvalue weighted by Crippen LogP contribution is -2.50. The standard InChI is InChI=1S/C29H33Cl2N5O2/c1-20-27(33-19-34-28(20)32-12-9-21-7-8-24(30)25(31)17-21)29(37)35-13-10-23(11-14-35)36-15-16-38-26(18-36)22-5-3-2-4-6-22/h2-8,17,19,23,26H,9-16,18H2,1H3,(H,32,33,34). The zero-order chi connectivity index (χ0) is 26.5. The number of carbonyl (C=O) groups is 1. The maximum absolute atomic E-state index is 13.4. The lowest BCUT2D eigenvalue weighted by molar-refractivity contribution is -0.0525. The Hall–Kier alpha value is -2.71. The van der Waals surface area contributed by atoms with Crippen molar-refractivity contribution in [2.75, 3.05) is 44.6 Å². The summed E-state index contributed by atoms with van der Waals surface area (Å²) >= 11 is 12.1. The first-order valence-electron chi connectivity index (χ1n) is 13.2. The predicted octanol–water partition coefficient (Wildman–Crippen LogP) is 5.42. The topological polar surface area (TPSA) is 70.6 Å². The molecule has 3 aromatic rings. The lowest BCUT2D eigenvalue weighted by Gasteiger charge is -2.42. The first-order valence-corrected chi connectivity index (χ1v) is 13.9. The molecular formula is C29H33Cl2N5O2. The number of rotatable bonds is 7. The number of aromatic nitrogens is 2. The summed E-state index contributed by atoms with van der Waals surface area (Å²) in [6.45, 7) is 6.56. The molecule has 2 aliphatic rings. The molecule has 2 fully saturated rings. The van der Waals surface area contributed by atoms with E-state index in [2.05, 4.69) is 44.5 Å². The van der Waals surface area contributed by atoms with Gasteiger partial charge < -0.3 is 15.0 Å². The van der Waals surface area contributed by atoms with Crippen molar-refractivity contribution in [1.82, 2.24) is 19.8 Å². The molecule has 3 heterocycles. The van der Waals surface area contributed by atoms with Gasteiger partial charge in [-0.15, -0.1) is 0 Å². The zero-order valence-electron chi connectivity index (χ0n) is 21.6. The average Bonchev–Trinajstić information content (AvgIpc) is 2.96. The maximum atomic E-state index is 13.4. The summed E-state index contributed by atoms with van der Waals surface area (Å²) in [6.07, 6.45) is 4.23. The Balaban J connectivity index is 1.15. The second-order valence-corrected chi connectivity index (χ2v) is 10.7. The van der Waals surface area contributed by atoms with Crippen molar-refractivity contribution >= 4 is 34.9 Å². The summed E-state index contributed by atoms with van der Waals surface area (Å²) in [5.74, 6) is 0.651. The number of ether oxygens (including phenoxy) is 1. The summed E-state index contributed by atoms with van der Waals surface area (Å²) in [4.78, 5) is 26.6. The molecule has 5 rings (SSSR count). The normalized spacial score (nSPS) is 18.9. The van der Waals surface area contributed by atoms with Crippen LogP contribution in [0.15, 0.2) is 54.9 Å². The van der Waals surface area contributed by atoms with Crippen LogP contribution in [0.25, 0.3) is 0 Å². The van der Waals surface area contributed by atoms with Gasteiger partial charge in [-0.3, -0.25) is 9.69 Å². The molecule has 0 saturated carbocycles. The number of piperidine rings is 1. The monoisotopic (exact) mass is 553 g/mol. The molecule has 1 atom stereocenters. The second-order valence-electron chi connectivity index (χ2n) is 9.91. The summed E-state index contributed by atoms with van der Waals surface area (Å²) in [5, 5.41) is 4.43. The highest BCUT2D eigenvalue weighted by Crippen LogP contribution is 2.27. The average molecular weight is 555 g/mol. The third-order valence-corrected chi connectivity index (χ3v) is 8.25. The molecule has 1 N–H and O–H groups in total. The van der Waals surface area contributed by atoms with Gasteiger partial charge in [0.25, 0.3) is 5.91 Å². The van der Waals surface area contributed by atoms with Gasteiger partial charge in [-0.25, -0.2) is 9.97 Å². The van der Waals surface area contributed by atoms with Crippen LogP contribution in [0, 0.1) is 6.92 Å². The van der Waals surface area contributed by atoms with E-state index in [1.54, 1.807) is 6.07 Å². The summed E-state index contributed by atoms with van der Waals surface area (Å²) < 4.78 is 6.05. The molecule has 0 bridgehead atoms. The van der Waals surface area contributed by atoms with Crippen molar-refractivity contribution < 1.29 is 9.53 Å². The number of nitrogens with one attached hydrogen (secondary N) is 1. The van der Waals surface area contributed by atoms with Gasteiger partial charge >= 0.3 is 0 Å². The number of carbonyl (C=O) groups excluding carboxylic acids is 1. The van der Waals surface area contributed by atoms with Gasteiger partial charge in [0.15, 0.2) is 0 Å². The lowest BCUT2D eigenvalue weighted by atomic mass is 10.00.